The van der Waals surface area contributed by atoms with Crippen molar-refractivity contribution < 1.29 is 9.47 Å². The van der Waals surface area contributed by atoms with Crippen molar-refractivity contribution in [3.8, 4) is 17.6 Å². The molecule has 0 spiro atoms. The van der Waals surface area contributed by atoms with Crippen molar-refractivity contribution in [2.75, 3.05) is 40.4 Å². The number of ether oxygens (including phenoxy) is 2. The van der Waals surface area contributed by atoms with E-state index in [1.165, 1.54) is 0 Å². The highest BCUT2D eigenvalue weighted by Gasteiger charge is 2.26. The second kappa shape index (κ2) is 10.5. The van der Waals surface area contributed by atoms with Crippen molar-refractivity contribution in [2.24, 2.45) is 0 Å². The molecule has 0 aromatic heterocycles. The number of nitrogens with zero attached hydrogens (tertiary/aromatic N) is 2. The van der Waals surface area contributed by atoms with E-state index in [-0.39, 0.29) is 30.9 Å². The zero-order valence-electron chi connectivity index (χ0n) is 12.9. The molecule has 1 fully saturated rings. The summed E-state index contributed by atoms with van der Waals surface area (Å²) in [6.07, 6.45) is 0.448. The van der Waals surface area contributed by atoms with Gasteiger partial charge in [0.1, 0.15) is 0 Å². The summed E-state index contributed by atoms with van der Waals surface area (Å²) in [5, 5.41) is 12.5. The van der Waals surface area contributed by atoms with Crippen LogP contribution in [0.5, 0.6) is 11.5 Å². The van der Waals surface area contributed by atoms with Gasteiger partial charge in [-0.1, -0.05) is 12.1 Å². The number of nitriles is 1. The molecule has 1 heterocycles. The van der Waals surface area contributed by atoms with Crippen LogP contribution in [-0.4, -0.2) is 45.3 Å². The Hall–Kier alpha value is -1.19. The Morgan fingerprint density at radius 1 is 1.23 bits per heavy atom. The number of para-hydroxylation sites is 1. The van der Waals surface area contributed by atoms with E-state index in [2.05, 4.69) is 16.3 Å². The van der Waals surface area contributed by atoms with Crippen LogP contribution in [0.1, 0.15) is 18.0 Å². The maximum absolute atomic E-state index is 9.15. The number of nitrogens with one attached hydrogen (secondary N) is 1. The molecule has 0 amide bonds. The number of hydrogen-bond acceptors (Lipinski definition) is 5. The van der Waals surface area contributed by atoms with Gasteiger partial charge in [-0.25, -0.2) is 0 Å². The lowest BCUT2D eigenvalue weighted by atomic mass is 10.00. The van der Waals surface area contributed by atoms with Crippen LogP contribution in [0.15, 0.2) is 18.2 Å². The van der Waals surface area contributed by atoms with Crippen LogP contribution in [0.3, 0.4) is 0 Å². The van der Waals surface area contributed by atoms with Crippen molar-refractivity contribution in [2.45, 2.75) is 12.5 Å². The number of methoxy groups -OCH3 is 2. The molecule has 0 unspecified atom stereocenters. The minimum atomic E-state index is 0. The minimum Gasteiger partial charge on any atom is -0.493 e. The van der Waals surface area contributed by atoms with Crippen LogP contribution in [0.4, 0.5) is 0 Å². The summed E-state index contributed by atoms with van der Waals surface area (Å²) in [5.74, 6) is 1.44. The SMILES string of the molecule is COc1cccc([C@H](CC#N)N2CCNCC2)c1OC.Cl.Cl. The van der Waals surface area contributed by atoms with Gasteiger partial charge in [-0.15, -0.1) is 24.8 Å². The maximum atomic E-state index is 9.15. The van der Waals surface area contributed by atoms with E-state index in [0.717, 1.165) is 37.5 Å². The van der Waals surface area contributed by atoms with Crippen LogP contribution in [0, 0.1) is 11.3 Å². The maximum Gasteiger partial charge on any atom is 0.165 e. The molecule has 0 radical (unpaired) electrons. The molecule has 0 saturated carbocycles. The second-order valence-electron chi connectivity index (χ2n) is 4.75. The van der Waals surface area contributed by atoms with Gasteiger partial charge in [0.05, 0.1) is 32.8 Å². The summed E-state index contributed by atoms with van der Waals surface area (Å²) in [7, 11) is 3.27. The fourth-order valence-electron chi connectivity index (χ4n) is 2.69. The molecule has 2 rings (SSSR count). The lowest BCUT2D eigenvalue weighted by Gasteiger charge is -2.34. The van der Waals surface area contributed by atoms with Gasteiger partial charge < -0.3 is 14.8 Å². The van der Waals surface area contributed by atoms with E-state index >= 15 is 0 Å². The van der Waals surface area contributed by atoms with Crippen LogP contribution in [-0.2, 0) is 0 Å². The highest BCUT2D eigenvalue weighted by molar-refractivity contribution is 5.85. The highest BCUT2D eigenvalue weighted by atomic mass is 35.5. The van der Waals surface area contributed by atoms with Gasteiger partial charge in [-0.3, -0.25) is 4.90 Å². The average Bonchev–Trinajstić information content (AvgIpc) is 2.52. The molecule has 1 aromatic carbocycles. The van der Waals surface area contributed by atoms with Crippen LogP contribution >= 0.6 is 24.8 Å². The molecule has 7 heteroatoms. The third-order valence-corrected chi connectivity index (χ3v) is 3.67. The first-order valence-electron chi connectivity index (χ1n) is 6.84. The number of halogens is 2. The molecule has 124 valence electrons. The fourth-order valence-corrected chi connectivity index (χ4v) is 2.69. The van der Waals surface area contributed by atoms with Crippen molar-refractivity contribution in [1.29, 1.82) is 5.26 Å². The first-order valence-corrected chi connectivity index (χ1v) is 6.84. The zero-order valence-corrected chi connectivity index (χ0v) is 14.5. The van der Waals surface area contributed by atoms with E-state index in [0.29, 0.717) is 12.2 Å². The molecule has 1 aliphatic rings. The van der Waals surface area contributed by atoms with Crippen molar-refractivity contribution in [3.05, 3.63) is 23.8 Å². The molecule has 1 aromatic rings. The smallest absolute Gasteiger partial charge is 0.165 e. The van der Waals surface area contributed by atoms with Gasteiger partial charge >= 0.3 is 0 Å². The Kier molecular flexibility index (Phi) is 9.95. The fraction of sp³-hybridized carbons (Fsp3) is 0.533. The van der Waals surface area contributed by atoms with Crippen molar-refractivity contribution in [3.63, 3.8) is 0 Å². The molecule has 5 nitrogen and oxygen atoms in total. The first kappa shape index (κ1) is 20.8. The normalized spacial score (nSPS) is 15.7. The second-order valence-corrected chi connectivity index (χ2v) is 4.75. The van der Waals surface area contributed by atoms with Gasteiger partial charge in [-0.05, 0) is 6.07 Å². The van der Waals surface area contributed by atoms with E-state index in [1.54, 1.807) is 14.2 Å². The molecule has 0 bridgehead atoms. The molecule has 22 heavy (non-hydrogen) atoms. The van der Waals surface area contributed by atoms with E-state index in [1.807, 2.05) is 18.2 Å². The van der Waals surface area contributed by atoms with Crippen LogP contribution in [0.25, 0.3) is 0 Å². The average molecular weight is 348 g/mol. The molecule has 0 aliphatic carbocycles. The number of hydrogen-bond donors (Lipinski definition) is 1. The van der Waals surface area contributed by atoms with Gasteiger partial charge in [0.25, 0.3) is 0 Å². The summed E-state index contributed by atoms with van der Waals surface area (Å²) in [6.45, 7) is 3.78. The molecule has 1 N–H and O–H groups in total. The Labute approximate surface area is 144 Å². The molecule has 1 atom stereocenters. The molecule has 1 saturated heterocycles. The lowest BCUT2D eigenvalue weighted by molar-refractivity contribution is 0.172. The summed E-state index contributed by atoms with van der Waals surface area (Å²) in [5.41, 5.74) is 1.02. The summed E-state index contributed by atoms with van der Waals surface area (Å²) < 4.78 is 10.9. The van der Waals surface area contributed by atoms with Crippen molar-refractivity contribution >= 4 is 24.8 Å². The predicted octanol–water partition coefficient (Wildman–Crippen LogP) is 2.41. The predicted molar refractivity (Wildman–Crippen MR) is 91.5 cm³/mol. The minimum absolute atomic E-state index is 0. The standard InChI is InChI=1S/C15H21N3O2.2ClH/c1-19-14-5-3-4-12(15(14)20-2)13(6-7-16)18-10-8-17-9-11-18;;/h3-5,13,17H,6,8-11H2,1-2H3;2*1H/t13-;;/m0../s1. The summed E-state index contributed by atoms with van der Waals surface area (Å²) in [6, 6.07) is 8.19. The number of piperazine rings is 1. The van der Waals surface area contributed by atoms with Gasteiger partial charge in [0.15, 0.2) is 11.5 Å². The first-order chi connectivity index (χ1) is 9.81. The molecule has 1 aliphatic heterocycles. The third-order valence-electron chi connectivity index (χ3n) is 3.67. The van der Waals surface area contributed by atoms with Crippen LogP contribution in [0.2, 0.25) is 0 Å². The third kappa shape index (κ3) is 4.65. The Balaban J connectivity index is 0.00000220. The van der Waals surface area contributed by atoms with E-state index < -0.39 is 0 Å². The molecular weight excluding hydrogens is 325 g/mol. The van der Waals surface area contributed by atoms with Gasteiger partial charge in [0.2, 0.25) is 0 Å². The number of rotatable bonds is 5. The lowest BCUT2D eigenvalue weighted by Crippen LogP contribution is -2.45. The van der Waals surface area contributed by atoms with Crippen LogP contribution < -0.4 is 14.8 Å². The van der Waals surface area contributed by atoms with Gasteiger partial charge in [0, 0.05) is 31.7 Å². The Bertz CT molecular complexity index is 488. The van der Waals surface area contributed by atoms with E-state index in [9.17, 15) is 0 Å². The summed E-state index contributed by atoms with van der Waals surface area (Å²) in [4.78, 5) is 2.33. The molecular formula is C15H23Cl2N3O2. The monoisotopic (exact) mass is 347 g/mol. The largest absolute Gasteiger partial charge is 0.493 e. The van der Waals surface area contributed by atoms with E-state index in [4.69, 9.17) is 14.7 Å². The summed E-state index contributed by atoms with van der Waals surface area (Å²) >= 11 is 0. The highest BCUT2D eigenvalue weighted by Crippen LogP contribution is 2.38. The quantitative estimate of drug-likeness (QED) is 0.886. The number of benzene rings is 1. The zero-order chi connectivity index (χ0) is 14.4. The topological polar surface area (TPSA) is 57.5 Å². The Morgan fingerprint density at radius 2 is 1.91 bits per heavy atom. The Morgan fingerprint density at radius 3 is 2.45 bits per heavy atom. The van der Waals surface area contributed by atoms with Crippen molar-refractivity contribution in [1.82, 2.24) is 10.2 Å². The van der Waals surface area contributed by atoms with Gasteiger partial charge in [-0.2, -0.15) is 5.26 Å².